The summed E-state index contributed by atoms with van der Waals surface area (Å²) in [7, 11) is 1.41. The van der Waals surface area contributed by atoms with Crippen molar-refractivity contribution in [2.24, 2.45) is 5.41 Å². The Hall–Kier alpha value is -0.280. The third-order valence-electron chi connectivity index (χ3n) is 2.88. The van der Waals surface area contributed by atoms with E-state index in [1.54, 1.807) is 4.42 Å². The number of ether oxygens (including phenoxy) is 1. The summed E-state index contributed by atoms with van der Waals surface area (Å²) in [6.45, 7) is 0.842. The van der Waals surface area contributed by atoms with Crippen LogP contribution in [0.1, 0.15) is 19.3 Å². The molecule has 1 saturated heterocycles. The van der Waals surface area contributed by atoms with Gasteiger partial charge in [-0.2, -0.15) is 0 Å². The fourth-order valence-electron chi connectivity index (χ4n) is 1.88. The van der Waals surface area contributed by atoms with Crippen molar-refractivity contribution in [1.29, 1.82) is 0 Å². The van der Waals surface area contributed by atoms with Crippen molar-refractivity contribution in [3.63, 3.8) is 0 Å². The van der Waals surface area contributed by atoms with Crippen LogP contribution in [0.2, 0.25) is 0 Å². The molecular formula is C8H12ClNO2. The minimum Gasteiger partial charge on any atom is -0.468 e. The highest BCUT2D eigenvalue weighted by Crippen LogP contribution is 2.55. The molecule has 12 heavy (non-hydrogen) atoms. The summed E-state index contributed by atoms with van der Waals surface area (Å²) < 4.78 is 6.26. The average Bonchev–Trinajstić information content (AvgIpc) is 2.70. The SMILES string of the molecule is COC(=O)[C@@H]1CC2(CC2)CN1Cl. The van der Waals surface area contributed by atoms with Crippen molar-refractivity contribution in [3.05, 3.63) is 0 Å². The molecule has 4 heteroatoms. The molecule has 3 nitrogen and oxygen atoms in total. The number of hydrogen-bond donors (Lipinski definition) is 0. The maximum absolute atomic E-state index is 11.2. The van der Waals surface area contributed by atoms with Gasteiger partial charge in [-0.25, -0.2) is 4.42 Å². The van der Waals surface area contributed by atoms with Crippen LogP contribution >= 0.6 is 11.8 Å². The molecule has 0 bridgehead atoms. The predicted molar refractivity (Wildman–Crippen MR) is 44.6 cm³/mol. The fourth-order valence-corrected chi connectivity index (χ4v) is 2.28. The Bertz CT molecular complexity index is 215. The zero-order chi connectivity index (χ0) is 8.77. The average molecular weight is 190 g/mol. The van der Waals surface area contributed by atoms with Gasteiger partial charge in [0.25, 0.3) is 0 Å². The topological polar surface area (TPSA) is 29.5 Å². The molecule has 0 N–H and O–H groups in total. The molecule has 1 atom stereocenters. The summed E-state index contributed by atoms with van der Waals surface area (Å²) in [4.78, 5) is 11.2. The molecular weight excluding hydrogens is 178 g/mol. The van der Waals surface area contributed by atoms with Crippen molar-refractivity contribution in [2.45, 2.75) is 25.3 Å². The zero-order valence-corrected chi connectivity index (χ0v) is 7.80. The van der Waals surface area contributed by atoms with Gasteiger partial charge in [0.2, 0.25) is 0 Å². The Balaban J connectivity index is 2.03. The molecule has 68 valence electrons. The molecule has 2 rings (SSSR count). The first kappa shape index (κ1) is 8.32. The minimum atomic E-state index is -0.209. The van der Waals surface area contributed by atoms with Crippen LogP contribution in [0, 0.1) is 5.41 Å². The van der Waals surface area contributed by atoms with Crippen LogP contribution in [0.5, 0.6) is 0 Å². The number of carbonyl (C=O) groups excluding carboxylic acids is 1. The second kappa shape index (κ2) is 2.60. The predicted octanol–water partition coefficient (Wildman–Crippen LogP) is 1.17. The highest BCUT2D eigenvalue weighted by atomic mass is 35.5. The highest BCUT2D eigenvalue weighted by Gasteiger charge is 2.54. The van der Waals surface area contributed by atoms with E-state index < -0.39 is 0 Å². The molecule has 2 fully saturated rings. The standard InChI is InChI=1S/C8H12ClNO2/c1-12-7(11)6-4-8(2-3-8)5-10(6)9/h6H,2-5H2,1H3/t6-/m0/s1. The van der Waals surface area contributed by atoms with Gasteiger partial charge in [0.1, 0.15) is 6.04 Å². The Morgan fingerprint density at radius 1 is 1.67 bits per heavy atom. The van der Waals surface area contributed by atoms with Gasteiger partial charge in [-0.15, -0.1) is 0 Å². The molecule has 1 saturated carbocycles. The number of esters is 1. The van der Waals surface area contributed by atoms with E-state index in [-0.39, 0.29) is 12.0 Å². The Morgan fingerprint density at radius 3 is 2.75 bits per heavy atom. The second-order valence-electron chi connectivity index (χ2n) is 3.80. The number of nitrogens with zero attached hydrogens (tertiary/aromatic N) is 1. The molecule has 0 aromatic rings. The molecule has 0 amide bonds. The van der Waals surface area contributed by atoms with Gasteiger partial charge in [0.15, 0.2) is 0 Å². The van der Waals surface area contributed by atoms with E-state index in [9.17, 15) is 4.79 Å². The number of halogens is 1. The number of methoxy groups -OCH3 is 1. The van der Waals surface area contributed by atoms with Gasteiger partial charge in [-0.1, -0.05) is 0 Å². The Labute approximate surface area is 76.7 Å². The first-order chi connectivity index (χ1) is 5.67. The van der Waals surface area contributed by atoms with Crippen molar-refractivity contribution in [3.8, 4) is 0 Å². The van der Waals surface area contributed by atoms with Crippen LogP contribution < -0.4 is 0 Å². The molecule has 1 aliphatic carbocycles. The number of rotatable bonds is 1. The maximum Gasteiger partial charge on any atom is 0.324 e. The maximum atomic E-state index is 11.2. The number of hydrogen-bond acceptors (Lipinski definition) is 3. The highest BCUT2D eigenvalue weighted by molar-refractivity contribution is 6.15. The molecule has 2 aliphatic rings. The van der Waals surface area contributed by atoms with Crippen LogP contribution in [0.3, 0.4) is 0 Å². The lowest BCUT2D eigenvalue weighted by Crippen LogP contribution is -2.30. The van der Waals surface area contributed by atoms with Crippen LogP contribution in [0.25, 0.3) is 0 Å². The largest absolute Gasteiger partial charge is 0.468 e. The molecule has 0 aromatic carbocycles. The van der Waals surface area contributed by atoms with Crippen LogP contribution in [-0.2, 0) is 9.53 Å². The third-order valence-corrected chi connectivity index (χ3v) is 3.24. The summed E-state index contributed by atoms with van der Waals surface area (Å²) in [5.41, 5.74) is 0.362. The van der Waals surface area contributed by atoms with E-state index >= 15 is 0 Å². The molecule has 1 spiro atoms. The lowest BCUT2D eigenvalue weighted by molar-refractivity contribution is -0.144. The molecule has 0 unspecified atom stereocenters. The van der Waals surface area contributed by atoms with E-state index in [1.807, 2.05) is 0 Å². The molecule has 1 heterocycles. The van der Waals surface area contributed by atoms with Crippen molar-refractivity contribution < 1.29 is 9.53 Å². The smallest absolute Gasteiger partial charge is 0.324 e. The van der Waals surface area contributed by atoms with Gasteiger partial charge >= 0.3 is 5.97 Å². The monoisotopic (exact) mass is 189 g/mol. The van der Waals surface area contributed by atoms with Crippen molar-refractivity contribution >= 4 is 17.7 Å². The lowest BCUT2D eigenvalue weighted by Gasteiger charge is -2.12. The van der Waals surface area contributed by atoms with E-state index in [2.05, 4.69) is 4.74 Å². The second-order valence-corrected chi connectivity index (χ2v) is 4.24. The number of carbonyl (C=O) groups is 1. The van der Waals surface area contributed by atoms with E-state index in [4.69, 9.17) is 11.8 Å². The van der Waals surface area contributed by atoms with E-state index in [0.717, 1.165) is 13.0 Å². The Kier molecular flexibility index (Phi) is 1.81. The van der Waals surface area contributed by atoms with Crippen molar-refractivity contribution in [2.75, 3.05) is 13.7 Å². The van der Waals surface area contributed by atoms with Crippen LogP contribution in [0.4, 0.5) is 0 Å². The van der Waals surface area contributed by atoms with E-state index in [0.29, 0.717) is 5.41 Å². The minimum absolute atomic E-state index is 0.200. The lowest BCUT2D eigenvalue weighted by atomic mass is 10.0. The molecule has 0 radical (unpaired) electrons. The quantitative estimate of drug-likeness (QED) is 0.458. The van der Waals surface area contributed by atoms with Gasteiger partial charge < -0.3 is 4.74 Å². The van der Waals surface area contributed by atoms with E-state index in [1.165, 1.54) is 20.0 Å². The van der Waals surface area contributed by atoms with Gasteiger partial charge in [-0.3, -0.25) is 4.79 Å². The summed E-state index contributed by atoms with van der Waals surface area (Å²) in [6, 6.07) is -0.209. The fraction of sp³-hybridized carbons (Fsp3) is 0.875. The first-order valence-corrected chi connectivity index (χ1v) is 4.51. The summed E-state index contributed by atoms with van der Waals surface area (Å²) >= 11 is 5.91. The normalized spacial score (nSPS) is 32.3. The summed E-state index contributed by atoms with van der Waals surface area (Å²) in [5.74, 6) is -0.200. The first-order valence-electron chi connectivity index (χ1n) is 4.17. The van der Waals surface area contributed by atoms with Crippen LogP contribution in [-0.4, -0.2) is 30.1 Å². The van der Waals surface area contributed by atoms with Gasteiger partial charge in [0.05, 0.1) is 7.11 Å². The molecule has 0 aromatic heterocycles. The third kappa shape index (κ3) is 1.21. The molecule has 1 aliphatic heterocycles. The van der Waals surface area contributed by atoms with Crippen molar-refractivity contribution in [1.82, 2.24) is 4.42 Å². The van der Waals surface area contributed by atoms with Gasteiger partial charge in [0, 0.05) is 6.54 Å². The summed E-state index contributed by atoms with van der Waals surface area (Å²) in [5, 5.41) is 0. The Morgan fingerprint density at radius 2 is 2.33 bits per heavy atom. The van der Waals surface area contributed by atoms with Crippen LogP contribution in [0.15, 0.2) is 0 Å². The summed E-state index contributed by atoms with van der Waals surface area (Å²) in [6.07, 6.45) is 3.30. The zero-order valence-electron chi connectivity index (χ0n) is 7.05. The van der Waals surface area contributed by atoms with Gasteiger partial charge in [-0.05, 0) is 36.5 Å².